The Bertz CT molecular complexity index is 856. The summed E-state index contributed by atoms with van der Waals surface area (Å²) in [6.45, 7) is 1.60. The van der Waals surface area contributed by atoms with Gasteiger partial charge in [-0.25, -0.2) is 8.78 Å². The largest absolute Gasteiger partial charge is 0.416 e. The van der Waals surface area contributed by atoms with E-state index in [1.165, 1.54) is 12.3 Å². The van der Waals surface area contributed by atoms with Gasteiger partial charge in [0, 0.05) is 11.8 Å². The lowest BCUT2D eigenvalue weighted by Crippen LogP contribution is -2.32. The molecule has 0 saturated heterocycles. The maximum Gasteiger partial charge on any atom is 0.416 e. The van der Waals surface area contributed by atoms with Crippen molar-refractivity contribution in [2.45, 2.75) is 19.1 Å². The number of alkyl halides is 3. The molecule has 0 N–H and O–H groups in total. The molecule has 0 aromatic heterocycles. The van der Waals surface area contributed by atoms with Crippen LogP contribution in [0.5, 0.6) is 0 Å². The molecule has 1 heterocycles. The third-order valence-electron chi connectivity index (χ3n) is 3.77. The highest BCUT2D eigenvalue weighted by atomic mass is 32.1. The number of thiocarbonyl (C=S) groups is 1. The summed E-state index contributed by atoms with van der Waals surface area (Å²) < 4.78 is 67.4. The summed E-state index contributed by atoms with van der Waals surface area (Å²) in [5, 5.41) is 0. The van der Waals surface area contributed by atoms with Gasteiger partial charge in [0.05, 0.1) is 17.3 Å². The van der Waals surface area contributed by atoms with Crippen molar-refractivity contribution in [2.24, 2.45) is 4.99 Å². The second kappa shape index (κ2) is 6.18. The number of hydrogen-bond donors (Lipinski definition) is 0. The summed E-state index contributed by atoms with van der Waals surface area (Å²) in [4.78, 5) is 5.27. The number of para-hydroxylation sites is 1. The molecular formula is C17H11F5N2S. The number of halogens is 5. The highest BCUT2D eigenvalue weighted by molar-refractivity contribution is 7.80. The van der Waals surface area contributed by atoms with Crippen molar-refractivity contribution in [1.82, 2.24) is 0 Å². The first-order chi connectivity index (χ1) is 11.7. The van der Waals surface area contributed by atoms with Crippen LogP contribution in [0.25, 0.3) is 0 Å². The normalized spacial score (nSPS) is 17.4. The predicted octanol–water partition coefficient (Wildman–Crippen LogP) is 5.27. The fourth-order valence-electron chi connectivity index (χ4n) is 2.53. The van der Waals surface area contributed by atoms with Crippen LogP contribution in [-0.4, -0.2) is 17.2 Å². The van der Waals surface area contributed by atoms with E-state index in [1.807, 2.05) is 0 Å². The molecule has 1 aliphatic rings. The van der Waals surface area contributed by atoms with Crippen molar-refractivity contribution in [2.75, 3.05) is 4.90 Å². The molecule has 0 saturated carbocycles. The molecule has 3 rings (SSSR count). The van der Waals surface area contributed by atoms with E-state index in [9.17, 15) is 22.0 Å². The molecule has 0 amide bonds. The Hall–Kier alpha value is -2.35. The lowest BCUT2D eigenvalue weighted by atomic mass is 10.1. The van der Waals surface area contributed by atoms with Gasteiger partial charge in [-0.3, -0.25) is 9.89 Å². The Morgan fingerprint density at radius 2 is 1.72 bits per heavy atom. The van der Waals surface area contributed by atoms with E-state index in [0.717, 1.165) is 35.2 Å². The molecule has 25 heavy (non-hydrogen) atoms. The van der Waals surface area contributed by atoms with Crippen molar-refractivity contribution in [3.63, 3.8) is 0 Å². The Labute approximate surface area is 145 Å². The molecule has 1 aliphatic heterocycles. The molecule has 0 aliphatic carbocycles. The van der Waals surface area contributed by atoms with E-state index in [-0.39, 0.29) is 16.2 Å². The van der Waals surface area contributed by atoms with Crippen LogP contribution in [-0.2, 0) is 6.18 Å². The maximum atomic E-state index is 14.3. The summed E-state index contributed by atoms with van der Waals surface area (Å²) in [5.41, 5.74) is -1.11. The molecule has 0 bridgehead atoms. The third kappa shape index (κ3) is 3.13. The van der Waals surface area contributed by atoms with Crippen molar-refractivity contribution < 1.29 is 22.0 Å². The van der Waals surface area contributed by atoms with Crippen LogP contribution in [0.3, 0.4) is 0 Å². The molecule has 8 heteroatoms. The summed E-state index contributed by atoms with van der Waals surface area (Å²) in [5.74, 6) is -1.75. The summed E-state index contributed by atoms with van der Waals surface area (Å²) >= 11 is 5.28. The lowest BCUT2D eigenvalue weighted by molar-refractivity contribution is -0.137. The van der Waals surface area contributed by atoms with Gasteiger partial charge < -0.3 is 0 Å². The van der Waals surface area contributed by atoms with E-state index >= 15 is 0 Å². The van der Waals surface area contributed by atoms with Crippen molar-refractivity contribution in [1.29, 1.82) is 0 Å². The van der Waals surface area contributed by atoms with Gasteiger partial charge in [-0.05, 0) is 37.3 Å². The number of nitrogens with zero attached hydrogens (tertiary/aromatic N) is 2. The number of rotatable bonds is 1. The number of benzene rings is 2. The number of fused-ring (bicyclic) bond motifs is 1. The minimum Gasteiger partial charge on any atom is -0.297 e. The zero-order chi connectivity index (χ0) is 18.4. The SMILES string of the molecule is CC1N=Cc2cc(C(F)(F)F)ccc2N(c2c(F)cccc2F)C1=S. The highest BCUT2D eigenvalue weighted by Gasteiger charge is 2.33. The van der Waals surface area contributed by atoms with Crippen LogP contribution in [0, 0.1) is 11.6 Å². The minimum absolute atomic E-state index is 0.0733. The Balaban J connectivity index is 2.25. The zero-order valence-electron chi connectivity index (χ0n) is 12.8. The summed E-state index contributed by atoms with van der Waals surface area (Å²) in [7, 11) is 0. The average Bonchev–Trinajstić information content (AvgIpc) is 2.65. The van der Waals surface area contributed by atoms with Gasteiger partial charge in [-0.15, -0.1) is 0 Å². The van der Waals surface area contributed by atoms with E-state index in [1.54, 1.807) is 6.92 Å². The van der Waals surface area contributed by atoms with E-state index in [2.05, 4.69) is 4.99 Å². The van der Waals surface area contributed by atoms with Crippen molar-refractivity contribution in [3.8, 4) is 0 Å². The Kier molecular flexibility index (Phi) is 4.32. The van der Waals surface area contributed by atoms with Gasteiger partial charge in [0.1, 0.15) is 22.3 Å². The van der Waals surface area contributed by atoms with E-state index in [0.29, 0.717) is 0 Å². The van der Waals surface area contributed by atoms with Crippen LogP contribution in [0.4, 0.5) is 33.3 Å². The lowest BCUT2D eigenvalue weighted by Gasteiger charge is -2.28. The number of hydrogen-bond acceptors (Lipinski definition) is 2. The summed E-state index contributed by atoms with van der Waals surface area (Å²) in [6, 6.07) is 5.53. The van der Waals surface area contributed by atoms with Crippen LogP contribution in [0.2, 0.25) is 0 Å². The van der Waals surface area contributed by atoms with Crippen LogP contribution < -0.4 is 4.90 Å². The van der Waals surface area contributed by atoms with Gasteiger partial charge in [-0.1, -0.05) is 18.3 Å². The van der Waals surface area contributed by atoms with Crippen LogP contribution in [0.15, 0.2) is 41.4 Å². The minimum atomic E-state index is -4.55. The maximum absolute atomic E-state index is 14.3. The number of anilines is 2. The van der Waals surface area contributed by atoms with Crippen molar-refractivity contribution >= 4 is 34.8 Å². The molecule has 1 unspecified atom stereocenters. The molecule has 0 fully saturated rings. The van der Waals surface area contributed by atoms with Gasteiger partial charge in [0.25, 0.3) is 0 Å². The second-order valence-corrected chi connectivity index (χ2v) is 5.89. The summed E-state index contributed by atoms with van der Waals surface area (Å²) in [6.07, 6.45) is -3.31. The number of benzodiazepines with no additional fused rings is 1. The average molecular weight is 370 g/mol. The molecular weight excluding hydrogens is 359 g/mol. The molecule has 2 nitrogen and oxygen atoms in total. The topological polar surface area (TPSA) is 15.6 Å². The van der Waals surface area contributed by atoms with Gasteiger partial charge >= 0.3 is 6.18 Å². The Morgan fingerprint density at radius 1 is 1.08 bits per heavy atom. The molecule has 0 spiro atoms. The monoisotopic (exact) mass is 370 g/mol. The quantitative estimate of drug-likeness (QED) is 0.502. The molecule has 130 valence electrons. The molecule has 2 aromatic carbocycles. The van der Waals surface area contributed by atoms with Crippen molar-refractivity contribution in [3.05, 3.63) is 59.2 Å². The van der Waals surface area contributed by atoms with Crippen LogP contribution in [0.1, 0.15) is 18.1 Å². The Morgan fingerprint density at radius 3 is 2.32 bits per heavy atom. The third-order valence-corrected chi connectivity index (χ3v) is 4.30. The molecule has 2 aromatic rings. The van der Waals surface area contributed by atoms with E-state index in [4.69, 9.17) is 12.2 Å². The zero-order valence-corrected chi connectivity index (χ0v) is 13.6. The standard InChI is InChI=1S/C17H11F5N2S/c1-9-16(25)24(15-12(18)3-2-4-13(15)19)14-6-5-11(17(20,21)22)7-10(14)8-23-9/h2-9H,1H3. The van der Waals surface area contributed by atoms with Gasteiger partial charge in [0.15, 0.2) is 0 Å². The first-order valence-corrected chi connectivity index (χ1v) is 7.63. The highest BCUT2D eigenvalue weighted by Crippen LogP contribution is 2.38. The number of aliphatic imine (C=N–C) groups is 1. The second-order valence-electron chi connectivity index (χ2n) is 5.47. The van der Waals surface area contributed by atoms with Crippen LogP contribution >= 0.6 is 12.2 Å². The predicted molar refractivity (Wildman–Crippen MR) is 89.6 cm³/mol. The smallest absolute Gasteiger partial charge is 0.297 e. The molecule has 0 radical (unpaired) electrons. The first kappa shape index (κ1) is 17.5. The fourth-order valence-corrected chi connectivity index (χ4v) is 2.78. The first-order valence-electron chi connectivity index (χ1n) is 7.22. The van der Waals surface area contributed by atoms with Gasteiger partial charge in [-0.2, -0.15) is 13.2 Å². The van der Waals surface area contributed by atoms with E-state index < -0.39 is 35.1 Å². The van der Waals surface area contributed by atoms with Gasteiger partial charge in [0.2, 0.25) is 0 Å². The fraction of sp³-hybridized carbons (Fsp3) is 0.176. The molecule has 1 atom stereocenters.